The van der Waals surface area contributed by atoms with Crippen LogP contribution in [-0.4, -0.2) is 29.5 Å². The molecule has 27 heavy (non-hydrogen) atoms. The number of pyridine rings is 2. The maximum Gasteiger partial charge on any atom is 0.341 e. The minimum atomic E-state index is -4.14. The van der Waals surface area contributed by atoms with Crippen molar-refractivity contribution in [1.82, 2.24) is 9.97 Å². The van der Waals surface area contributed by atoms with Gasteiger partial charge in [0.15, 0.2) is 0 Å². The number of aromatic carboxylic acids is 1. The van der Waals surface area contributed by atoms with Crippen molar-refractivity contribution in [3.05, 3.63) is 62.9 Å². The molecule has 3 aromatic rings. The van der Waals surface area contributed by atoms with E-state index in [-0.39, 0.29) is 21.8 Å². The molecular weight excluding hydrogens is 372 g/mol. The Balaban J connectivity index is 2.06. The van der Waals surface area contributed by atoms with Crippen molar-refractivity contribution < 1.29 is 22.5 Å². The summed E-state index contributed by atoms with van der Waals surface area (Å²) in [6.07, 6.45) is 1.01. The fourth-order valence-corrected chi connectivity index (χ4v) is 4.31. The van der Waals surface area contributed by atoms with E-state index >= 15 is 0 Å². The minimum Gasteiger partial charge on any atom is -0.477 e. The van der Waals surface area contributed by atoms with Crippen LogP contribution in [0.25, 0.3) is 11.0 Å². The molecule has 9 heteroatoms. The van der Waals surface area contributed by atoms with Gasteiger partial charge in [0.1, 0.15) is 16.1 Å². The summed E-state index contributed by atoms with van der Waals surface area (Å²) >= 11 is 0. The molecule has 140 valence electrons. The summed E-state index contributed by atoms with van der Waals surface area (Å²) in [5.41, 5.74) is 0.898. The number of nitrogens with zero attached hydrogens (tertiary/aromatic N) is 1. The molecule has 8 nitrogen and oxygen atoms in total. The maximum atomic E-state index is 12.7. The van der Waals surface area contributed by atoms with Crippen molar-refractivity contribution in [3.8, 4) is 5.88 Å². The number of hydrogen-bond donors (Lipinski definition) is 2. The summed E-state index contributed by atoms with van der Waals surface area (Å²) in [5, 5.41) is 9.00. The van der Waals surface area contributed by atoms with Crippen LogP contribution in [0.4, 0.5) is 0 Å². The Hall–Kier alpha value is -3.20. The van der Waals surface area contributed by atoms with E-state index in [0.29, 0.717) is 11.1 Å². The smallest absolute Gasteiger partial charge is 0.341 e. The summed E-state index contributed by atoms with van der Waals surface area (Å²) in [6.45, 7) is 5.22. The number of carboxylic acids is 1. The lowest BCUT2D eigenvalue weighted by atomic mass is 10.1. The van der Waals surface area contributed by atoms with Crippen molar-refractivity contribution >= 4 is 27.1 Å². The number of aromatic nitrogens is 2. The lowest BCUT2D eigenvalue weighted by Crippen LogP contribution is -2.17. The van der Waals surface area contributed by atoms with Gasteiger partial charge in [-0.15, -0.1) is 0 Å². The molecule has 0 bridgehead atoms. The molecule has 0 saturated carbocycles. The average molecular weight is 388 g/mol. The number of rotatable bonds is 4. The lowest BCUT2D eigenvalue weighted by molar-refractivity contribution is 0.0695. The van der Waals surface area contributed by atoms with E-state index in [9.17, 15) is 18.0 Å². The van der Waals surface area contributed by atoms with Crippen molar-refractivity contribution in [2.24, 2.45) is 0 Å². The van der Waals surface area contributed by atoms with Crippen LogP contribution in [0.2, 0.25) is 0 Å². The van der Waals surface area contributed by atoms with Gasteiger partial charge in [0.2, 0.25) is 11.3 Å². The molecule has 2 N–H and O–H groups in total. The Morgan fingerprint density at radius 1 is 1.15 bits per heavy atom. The van der Waals surface area contributed by atoms with Gasteiger partial charge in [-0.25, -0.2) is 4.79 Å². The molecule has 2 heterocycles. The van der Waals surface area contributed by atoms with E-state index in [0.717, 1.165) is 11.8 Å². The molecule has 2 aromatic heterocycles. The average Bonchev–Trinajstić information content (AvgIpc) is 2.52. The fraction of sp³-hybridized carbons (Fsp3) is 0.167. The van der Waals surface area contributed by atoms with Gasteiger partial charge >= 0.3 is 16.1 Å². The first kappa shape index (κ1) is 18.6. The summed E-state index contributed by atoms with van der Waals surface area (Å²) in [4.78, 5) is 29.7. The van der Waals surface area contributed by atoms with Gasteiger partial charge in [0.05, 0.1) is 5.39 Å². The van der Waals surface area contributed by atoms with Gasteiger partial charge in [-0.3, -0.25) is 4.79 Å². The number of hydrogen-bond acceptors (Lipinski definition) is 6. The number of fused-ring (bicyclic) bond motifs is 1. The van der Waals surface area contributed by atoms with Gasteiger partial charge in [0.25, 0.3) is 0 Å². The van der Waals surface area contributed by atoms with Gasteiger partial charge in [-0.1, -0.05) is 17.7 Å². The second-order valence-corrected chi connectivity index (χ2v) is 7.63. The Morgan fingerprint density at radius 3 is 2.37 bits per heavy atom. The number of H-pyrrole nitrogens is 1. The fourth-order valence-electron chi connectivity index (χ4n) is 3.01. The molecule has 0 saturated heterocycles. The molecule has 0 aliphatic carbocycles. The molecule has 0 aliphatic rings. The van der Waals surface area contributed by atoms with E-state index in [1.54, 1.807) is 26.0 Å². The standard InChI is InChI=1S/C18H16N2O6S/c1-9-6-10(2)16(11(3)7-9)27(24,25)26-14-5-4-12-15(21)13(18(22)23)8-19-17(12)20-14/h4-8H,1-3H3,(H,22,23)(H,19,20,21). The van der Waals surface area contributed by atoms with Crippen molar-refractivity contribution in [2.75, 3.05) is 0 Å². The molecular formula is C18H16N2O6S. The third-order valence-corrected chi connectivity index (χ3v) is 5.53. The summed E-state index contributed by atoms with van der Waals surface area (Å²) in [5.74, 6) is -1.60. The van der Waals surface area contributed by atoms with Crippen molar-refractivity contribution in [2.45, 2.75) is 25.7 Å². The van der Waals surface area contributed by atoms with Crippen LogP contribution in [0.15, 0.2) is 40.2 Å². The van der Waals surface area contributed by atoms with E-state index in [2.05, 4.69) is 9.97 Å². The van der Waals surface area contributed by atoms with Crippen LogP contribution in [-0.2, 0) is 10.1 Å². The number of aryl methyl sites for hydroxylation is 3. The maximum absolute atomic E-state index is 12.7. The molecule has 0 amide bonds. The van der Waals surface area contributed by atoms with Gasteiger partial charge in [-0.2, -0.15) is 13.4 Å². The van der Waals surface area contributed by atoms with Gasteiger partial charge in [0, 0.05) is 12.3 Å². The zero-order chi connectivity index (χ0) is 19.9. The molecule has 0 unspecified atom stereocenters. The van der Waals surface area contributed by atoms with Crippen LogP contribution >= 0.6 is 0 Å². The second-order valence-electron chi connectivity index (χ2n) is 6.15. The predicted molar refractivity (Wildman–Crippen MR) is 97.8 cm³/mol. The summed E-state index contributed by atoms with van der Waals surface area (Å²) in [7, 11) is -4.14. The van der Waals surface area contributed by atoms with Crippen molar-refractivity contribution in [1.29, 1.82) is 0 Å². The first-order chi connectivity index (χ1) is 12.6. The third-order valence-electron chi connectivity index (χ3n) is 3.99. The zero-order valence-electron chi connectivity index (χ0n) is 14.7. The van der Waals surface area contributed by atoms with Crippen LogP contribution in [0.3, 0.4) is 0 Å². The topological polar surface area (TPSA) is 126 Å². The molecule has 1 aromatic carbocycles. The van der Waals surface area contributed by atoms with Crippen LogP contribution in [0.5, 0.6) is 5.88 Å². The van der Waals surface area contributed by atoms with Gasteiger partial charge in [-0.05, 0) is 38.0 Å². The first-order valence-corrected chi connectivity index (χ1v) is 9.29. The number of aromatic amines is 1. The Bertz CT molecular complexity index is 1220. The number of nitrogens with one attached hydrogen (secondary N) is 1. The first-order valence-electron chi connectivity index (χ1n) is 7.88. The Labute approximate surface area is 154 Å². The Morgan fingerprint density at radius 2 is 1.78 bits per heavy atom. The summed E-state index contributed by atoms with van der Waals surface area (Å²) < 4.78 is 30.5. The number of benzene rings is 1. The molecule has 0 radical (unpaired) electrons. The predicted octanol–water partition coefficient (Wildman–Crippen LogP) is 2.31. The van der Waals surface area contributed by atoms with Gasteiger partial charge < -0.3 is 14.3 Å². The lowest BCUT2D eigenvalue weighted by Gasteiger charge is -2.12. The third kappa shape index (κ3) is 3.41. The Kier molecular flexibility index (Phi) is 4.48. The van der Waals surface area contributed by atoms with E-state index in [1.165, 1.54) is 12.1 Å². The van der Waals surface area contributed by atoms with Crippen LogP contribution in [0.1, 0.15) is 27.0 Å². The molecule has 0 spiro atoms. The number of carboxylic acid groups (broad SMARTS) is 1. The largest absolute Gasteiger partial charge is 0.477 e. The van der Waals surface area contributed by atoms with Crippen LogP contribution < -0.4 is 9.61 Å². The highest BCUT2D eigenvalue weighted by Crippen LogP contribution is 2.25. The minimum absolute atomic E-state index is 0.0161. The molecule has 0 aliphatic heterocycles. The molecule has 0 fully saturated rings. The quantitative estimate of drug-likeness (QED) is 0.657. The molecule has 0 atom stereocenters. The van der Waals surface area contributed by atoms with E-state index < -0.39 is 27.1 Å². The highest BCUT2D eigenvalue weighted by atomic mass is 32.2. The molecule has 3 rings (SSSR count). The summed E-state index contributed by atoms with van der Waals surface area (Å²) in [6, 6.07) is 5.96. The highest BCUT2D eigenvalue weighted by Gasteiger charge is 2.23. The van der Waals surface area contributed by atoms with Crippen molar-refractivity contribution in [3.63, 3.8) is 0 Å². The van der Waals surface area contributed by atoms with E-state index in [1.807, 2.05) is 6.92 Å². The second kappa shape index (κ2) is 6.51. The zero-order valence-corrected chi connectivity index (χ0v) is 15.5. The highest BCUT2D eigenvalue weighted by molar-refractivity contribution is 7.87. The normalized spacial score (nSPS) is 11.5. The number of carbonyl (C=O) groups is 1. The SMILES string of the molecule is Cc1cc(C)c(S(=O)(=O)Oc2ccc3c(=O)c(C(=O)O)c[nH]c3n2)c(C)c1. The monoisotopic (exact) mass is 388 g/mol. The van der Waals surface area contributed by atoms with Crippen LogP contribution in [0, 0.1) is 20.8 Å². The van der Waals surface area contributed by atoms with E-state index in [4.69, 9.17) is 9.29 Å².